The number of urea groups is 2. The van der Waals surface area contributed by atoms with Crippen LogP contribution in [0.1, 0.15) is 30.9 Å². The number of hydrogen-bond donors (Lipinski definition) is 9. The van der Waals surface area contributed by atoms with Gasteiger partial charge >= 0.3 is 24.0 Å². The van der Waals surface area contributed by atoms with Gasteiger partial charge in [-0.2, -0.15) is 0 Å². The van der Waals surface area contributed by atoms with Crippen molar-refractivity contribution >= 4 is 68.5 Å². The number of benzene rings is 2. The molecule has 0 aliphatic carbocycles. The molecule has 0 aliphatic rings. The quantitative estimate of drug-likeness (QED) is 0.0340. The molecule has 0 saturated carbocycles. The maximum absolute atomic E-state index is 13.0. The number of carbonyl (C=O) groups is 6. The summed E-state index contributed by atoms with van der Waals surface area (Å²) >= 11 is 0. The van der Waals surface area contributed by atoms with E-state index in [2.05, 4.69) is 55.7 Å². The molecule has 1 unspecified atom stereocenters. The number of nitrogens with one attached hydrogen (secondary N) is 7. The highest BCUT2D eigenvalue weighted by Gasteiger charge is 2.19. The molecule has 2 aromatic rings. The third kappa shape index (κ3) is 21.2. The van der Waals surface area contributed by atoms with E-state index in [1.54, 1.807) is 54.6 Å². The summed E-state index contributed by atoms with van der Waals surface area (Å²) in [6.07, 6.45) is 3.65. The number of hydrogen-bond acceptors (Lipinski definition) is 10. The zero-order valence-corrected chi connectivity index (χ0v) is 32.7. The van der Waals surface area contributed by atoms with Gasteiger partial charge in [0.2, 0.25) is 11.8 Å². The van der Waals surface area contributed by atoms with Crippen LogP contribution in [0.25, 0.3) is 0 Å². The average Bonchev–Trinajstić information content (AvgIpc) is 3.17. The van der Waals surface area contributed by atoms with E-state index < -0.39 is 58.0 Å². The SMILES string of the molecule is C=C/C=C\C(=C)S(=C)(=O)Nc1cccc([C@@H](CC(=O)O)NC(=O)Nc2ccc(NC(=O)NCCOCCOCCOCCNC(=O)CNC(=O)CCC(=O)O)cc2)c1. The normalized spacial score (nSPS) is 12.3. The molecule has 6 amide bonds. The lowest BCUT2D eigenvalue weighted by Gasteiger charge is -2.20. The Morgan fingerprint density at radius 2 is 1.31 bits per heavy atom. The van der Waals surface area contributed by atoms with Crippen molar-refractivity contribution in [2.45, 2.75) is 25.3 Å². The highest BCUT2D eigenvalue weighted by atomic mass is 32.2. The van der Waals surface area contributed by atoms with Crippen LogP contribution in [0.4, 0.5) is 26.7 Å². The summed E-state index contributed by atoms with van der Waals surface area (Å²) in [5.41, 5.74) is 1.64. The molecule has 20 heteroatoms. The van der Waals surface area contributed by atoms with Crippen molar-refractivity contribution in [3.63, 3.8) is 0 Å². The molecule has 0 aliphatic heterocycles. The third-order valence-electron chi connectivity index (χ3n) is 7.35. The Bertz CT molecular complexity index is 1850. The van der Waals surface area contributed by atoms with Gasteiger partial charge in [0, 0.05) is 41.5 Å². The minimum absolute atomic E-state index is 0.200. The van der Waals surface area contributed by atoms with Gasteiger partial charge in [-0.25, -0.2) is 13.8 Å². The molecule has 0 saturated heterocycles. The topological polar surface area (TPSA) is 272 Å². The van der Waals surface area contributed by atoms with E-state index in [0.717, 1.165) is 0 Å². The van der Waals surface area contributed by atoms with Gasteiger partial charge in [-0.3, -0.25) is 19.2 Å². The van der Waals surface area contributed by atoms with Crippen molar-refractivity contribution in [3.05, 3.63) is 90.4 Å². The molecule has 2 atom stereocenters. The Balaban J connectivity index is 1.63. The van der Waals surface area contributed by atoms with E-state index in [1.807, 2.05) is 0 Å². The summed E-state index contributed by atoms with van der Waals surface area (Å²) in [4.78, 5) is 70.5. The summed E-state index contributed by atoms with van der Waals surface area (Å²) in [5, 5.41) is 33.5. The Morgan fingerprint density at radius 3 is 1.90 bits per heavy atom. The smallest absolute Gasteiger partial charge is 0.319 e. The van der Waals surface area contributed by atoms with Crippen LogP contribution >= 0.6 is 0 Å². The second kappa shape index (κ2) is 26.6. The van der Waals surface area contributed by atoms with Crippen LogP contribution < -0.4 is 36.6 Å². The zero-order valence-electron chi connectivity index (χ0n) is 31.9. The van der Waals surface area contributed by atoms with Gasteiger partial charge in [-0.1, -0.05) is 37.4 Å². The Kier molecular flexibility index (Phi) is 22.0. The largest absolute Gasteiger partial charge is 0.481 e. The molecular formula is C38H51N7O12S. The number of rotatable bonds is 28. The molecule has 19 nitrogen and oxygen atoms in total. The monoisotopic (exact) mass is 829 g/mol. The predicted octanol–water partition coefficient (Wildman–Crippen LogP) is 2.59. The molecule has 0 fully saturated rings. The second-order valence-corrected chi connectivity index (χ2v) is 14.1. The second-order valence-electron chi connectivity index (χ2n) is 12.0. The highest BCUT2D eigenvalue weighted by molar-refractivity contribution is 8.05. The van der Waals surface area contributed by atoms with Crippen molar-refractivity contribution < 1.29 is 57.4 Å². The van der Waals surface area contributed by atoms with E-state index >= 15 is 0 Å². The van der Waals surface area contributed by atoms with Crippen molar-refractivity contribution in [1.82, 2.24) is 21.3 Å². The lowest BCUT2D eigenvalue weighted by atomic mass is 10.0. The highest BCUT2D eigenvalue weighted by Crippen LogP contribution is 2.23. The Morgan fingerprint density at radius 1 is 0.724 bits per heavy atom. The fourth-order valence-electron chi connectivity index (χ4n) is 4.52. The average molecular weight is 830 g/mol. The zero-order chi connectivity index (χ0) is 42.8. The van der Waals surface area contributed by atoms with Crippen LogP contribution in [0.15, 0.2) is 84.8 Å². The molecule has 0 aromatic heterocycles. The number of anilines is 3. The minimum atomic E-state index is -3.00. The molecule has 0 radical (unpaired) electrons. The maximum Gasteiger partial charge on any atom is 0.319 e. The summed E-state index contributed by atoms with van der Waals surface area (Å²) in [7, 11) is -3.00. The molecule has 0 heterocycles. The van der Waals surface area contributed by atoms with E-state index in [0.29, 0.717) is 35.8 Å². The standard InChI is InChI=1S/C38H51N7O12S/c1-4-5-7-27(2)58(3,54)45-31-9-6-8-28(24-31)32(25-36(50)51)44-38(53)43-30-12-10-29(11-13-30)42-37(52)40-17-19-56-21-23-57-22-20-55-18-16-39-34(47)26-41-33(46)14-15-35(48)49/h4-13,24,32H,1-3,14-23,25-26H2,(H,39,47)(H,41,46)(H,45,54)(H,48,49)(H,50,51)(H2,40,42,52)(H2,43,44,53)/b7-5-/t32-,58?/m1/s1. The van der Waals surface area contributed by atoms with Gasteiger partial charge in [0.1, 0.15) is 0 Å². The van der Waals surface area contributed by atoms with E-state index in [-0.39, 0.29) is 63.8 Å². The predicted molar refractivity (Wildman–Crippen MR) is 220 cm³/mol. The van der Waals surface area contributed by atoms with Crippen LogP contribution in [0.5, 0.6) is 0 Å². The first kappa shape index (κ1) is 47.9. The van der Waals surface area contributed by atoms with Crippen LogP contribution in [0.2, 0.25) is 0 Å². The molecule has 0 spiro atoms. The van der Waals surface area contributed by atoms with Gasteiger partial charge in [-0.15, -0.1) is 0 Å². The number of carboxylic acid groups (broad SMARTS) is 2. The van der Waals surface area contributed by atoms with Gasteiger partial charge in [0.25, 0.3) is 0 Å². The lowest BCUT2D eigenvalue weighted by molar-refractivity contribution is -0.139. The molecule has 9 N–H and O–H groups in total. The van der Waals surface area contributed by atoms with Crippen molar-refractivity contribution in [1.29, 1.82) is 0 Å². The molecule has 2 rings (SSSR count). The van der Waals surface area contributed by atoms with Gasteiger partial charge in [-0.05, 0) is 53.9 Å². The minimum Gasteiger partial charge on any atom is -0.481 e. The number of carboxylic acids is 2. The molecule has 58 heavy (non-hydrogen) atoms. The van der Waals surface area contributed by atoms with Gasteiger partial charge < -0.3 is 61.0 Å². The van der Waals surface area contributed by atoms with Gasteiger partial charge in [0.05, 0.1) is 74.8 Å². The maximum atomic E-state index is 13.0. The van der Waals surface area contributed by atoms with Crippen molar-refractivity contribution in [3.8, 4) is 0 Å². The lowest BCUT2D eigenvalue weighted by Crippen LogP contribution is -2.38. The number of ether oxygens (including phenoxy) is 3. The number of carbonyl (C=O) groups excluding carboxylic acids is 4. The first-order valence-electron chi connectivity index (χ1n) is 17.8. The summed E-state index contributed by atoms with van der Waals surface area (Å²) < 4.78 is 32.0. The Hall–Kier alpha value is -6.22. The van der Waals surface area contributed by atoms with Crippen molar-refractivity contribution in [2.75, 3.05) is 74.6 Å². The summed E-state index contributed by atoms with van der Waals surface area (Å²) in [6.45, 7) is 9.15. The van der Waals surface area contributed by atoms with Crippen LogP contribution in [0, 0.1) is 0 Å². The molecule has 2 aromatic carbocycles. The summed E-state index contributed by atoms with van der Waals surface area (Å²) in [5.74, 6) is 0.516. The van der Waals surface area contributed by atoms with E-state index in [4.69, 9.17) is 19.3 Å². The first-order valence-corrected chi connectivity index (χ1v) is 19.6. The van der Waals surface area contributed by atoms with Crippen molar-refractivity contribution in [2.24, 2.45) is 0 Å². The molecule has 0 bridgehead atoms. The number of aliphatic carboxylic acids is 2. The Labute approximate surface area is 336 Å². The van der Waals surface area contributed by atoms with Crippen LogP contribution in [-0.4, -0.2) is 115 Å². The van der Waals surface area contributed by atoms with Gasteiger partial charge in [0.15, 0.2) is 0 Å². The fraction of sp³-hybridized carbons (Fsp3) is 0.342. The van der Waals surface area contributed by atoms with Crippen LogP contribution in [0.3, 0.4) is 0 Å². The number of amides is 6. The van der Waals surface area contributed by atoms with Crippen LogP contribution in [-0.2, 0) is 43.1 Å². The molecular weight excluding hydrogens is 779 g/mol. The fourth-order valence-corrected chi connectivity index (χ4v) is 5.45. The van der Waals surface area contributed by atoms with E-state index in [9.17, 15) is 38.1 Å². The third-order valence-corrected chi connectivity index (χ3v) is 8.90. The first-order chi connectivity index (χ1) is 27.7. The molecule has 316 valence electrons. The summed E-state index contributed by atoms with van der Waals surface area (Å²) in [6, 6.07) is 10.6. The van der Waals surface area contributed by atoms with E-state index in [1.165, 1.54) is 12.2 Å². The number of allylic oxidation sites excluding steroid dienone is 3.